The van der Waals surface area contributed by atoms with Crippen LogP contribution in [0.1, 0.15) is 33.4 Å². The minimum absolute atomic E-state index is 1.05. The molecule has 2 aliphatic carbocycles. The number of halogens is 1. The number of fused-ring (bicyclic) bond motifs is 6. The second kappa shape index (κ2) is 7.26. The predicted octanol–water partition coefficient (Wildman–Crippen LogP) is 6.66. The molecule has 0 unspecified atom stereocenters. The van der Waals surface area contributed by atoms with Crippen LogP contribution in [-0.2, 0) is 24.9 Å². The summed E-state index contributed by atoms with van der Waals surface area (Å²) in [6, 6.07) is 33.3. The zero-order valence-corrected chi connectivity index (χ0v) is 18.8. The van der Waals surface area contributed by atoms with E-state index in [4.69, 9.17) is 11.1 Å². The van der Waals surface area contributed by atoms with Gasteiger partial charge in [-0.2, -0.15) is 11.1 Å². The highest BCUT2D eigenvalue weighted by Gasteiger charge is 2.24. The molecule has 0 aliphatic heterocycles. The van der Waals surface area contributed by atoms with Gasteiger partial charge in [0.05, 0.1) is 0 Å². The van der Waals surface area contributed by atoms with Gasteiger partial charge in [-0.05, 0) is 80.6 Å². The van der Waals surface area contributed by atoms with Crippen molar-refractivity contribution in [2.24, 2.45) is 0 Å². The minimum Gasteiger partial charge on any atom is -0.171 e. The van der Waals surface area contributed by atoms with Crippen LogP contribution in [0.5, 0.6) is 0 Å². The van der Waals surface area contributed by atoms with E-state index in [0.29, 0.717) is 0 Å². The SMILES string of the molecule is Cl[SiH](Cc1cccc2c1Cc1ccccc1-2)Cc1cccc2c1Cc1ccccc1-2. The first kappa shape index (κ1) is 18.2. The Hall–Kier alpha value is -2.61. The molecule has 0 saturated carbocycles. The van der Waals surface area contributed by atoms with E-state index in [9.17, 15) is 0 Å². The molecule has 0 bridgehead atoms. The summed E-state index contributed by atoms with van der Waals surface area (Å²) < 4.78 is 0. The molecule has 0 spiro atoms. The van der Waals surface area contributed by atoms with Gasteiger partial charge < -0.3 is 0 Å². The van der Waals surface area contributed by atoms with Gasteiger partial charge in [-0.25, -0.2) is 0 Å². The van der Waals surface area contributed by atoms with Gasteiger partial charge in [0.2, 0.25) is 0 Å². The lowest BCUT2D eigenvalue weighted by atomic mass is 10.0. The molecule has 0 saturated heterocycles. The summed E-state index contributed by atoms with van der Waals surface area (Å²) >= 11 is 7.11. The van der Waals surface area contributed by atoms with E-state index in [1.165, 1.54) is 55.6 Å². The van der Waals surface area contributed by atoms with E-state index in [1.54, 1.807) is 0 Å². The van der Waals surface area contributed by atoms with Crippen molar-refractivity contribution < 1.29 is 0 Å². The quantitative estimate of drug-likeness (QED) is 0.220. The number of hydrogen-bond donors (Lipinski definition) is 0. The third kappa shape index (κ3) is 2.96. The van der Waals surface area contributed by atoms with Crippen LogP contribution in [0.15, 0.2) is 84.9 Å². The highest BCUT2D eigenvalue weighted by Crippen LogP contribution is 2.40. The lowest BCUT2D eigenvalue weighted by Crippen LogP contribution is -2.15. The van der Waals surface area contributed by atoms with E-state index in [1.807, 2.05) is 0 Å². The average Bonchev–Trinajstić information content (AvgIpc) is 3.34. The normalized spacial score (nSPS) is 13.1. The lowest BCUT2D eigenvalue weighted by molar-refractivity contribution is 1.16. The van der Waals surface area contributed by atoms with E-state index >= 15 is 0 Å². The summed E-state index contributed by atoms with van der Waals surface area (Å²) in [5.74, 6) is 0. The topological polar surface area (TPSA) is 0 Å². The Kier molecular flexibility index (Phi) is 4.40. The molecule has 0 radical (unpaired) electrons. The van der Waals surface area contributed by atoms with Crippen LogP contribution in [0, 0.1) is 0 Å². The molecule has 4 aromatic carbocycles. The minimum atomic E-state index is -1.45. The summed E-state index contributed by atoms with van der Waals surface area (Å²) in [7, 11) is -1.45. The first-order chi connectivity index (χ1) is 14.8. The second-order valence-electron chi connectivity index (χ2n) is 8.56. The van der Waals surface area contributed by atoms with E-state index < -0.39 is 8.11 Å². The lowest BCUT2D eigenvalue weighted by Gasteiger charge is -2.14. The van der Waals surface area contributed by atoms with Gasteiger partial charge in [-0.15, -0.1) is 0 Å². The third-order valence-corrected chi connectivity index (χ3v) is 9.47. The fourth-order valence-electron chi connectivity index (χ4n) is 5.38. The Balaban J connectivity index is 1.26. The molecule has 0 N–H and O–H groups in total. The molecule has 0 heterocycles. The number of hydrogen-bond acceptors (Lipinski definition) is 0. The first-order valence-corrected chi connectivity index (χ1v) is 14.2. The molecule has 0 atom stereocenters. The maximum atomic E-state index is 7.11. The summed E-state index contributed by atoms with van der Waals surface area (Å²) in [5, 5.41) is 0. The molecule has 0 amide bonds. The summed E-state index contributed by atoms with van der Waals surface area (Å²) in [6.07, 6.45) is 2.10. The zero-order valence-electron chi connectivity index (χ0n) is 16.9. The molecule has 2 aliphatic rings. The summed E-state index contributed by atoms with van der Waals surface area (Å²) in [4.78, 5) is 0. The smallest absolute Gasteiger partial charge is 0.149 e. The van der Waals surface area contributed by atoms with Gasteiger partial charge in [0.15, 0.2) is 0 Å². The van der Waals surface area contributed by atoms with Gasteiger partial charge in [0.25, 0.3) is 0 Å². The molecule has 6 rings (SSSR count). The van der Waals surface area contributed by atoms with Gasteiger partial charge in [0, 0.05) is 0 Å². The zero-order chi connectivity index (χ0) is 20.1. The molecular formula is C28H23ClSi. The summed E-state index contributed by atoms with van der Waals surface area (Å²) in [5.41, 5.74) is 14.5. The first-order valence-electron chi connectivity index (χ1n) is 10.8. The fraction of sp³-hybridized carbons (Fsp3) is 0.143. The monoisotopic (exact) mass is 422 g/mol. The molecule has 0 nitrogen and oxygen atoms in total. The fourth-order valence-corrected chi connectivity index (χ4v) is 8.24. The van der Waals surface area contributed by atoms with E-state index in [-0.39, 0.29) is 0 Å². The molecule has 0 fully saturated rings. The Labute approximate surface area is 184 Å². The standard InChI is InChI=1S/C28H23ClSi/c29-30(17-21-9-5-13-25-23-11-3-1-7-19(23)15-27(21)25)18-22-10-6-14-26-24-12-4-2-8-20(24)16-28(22)26/h1-14,30H,15-18H2. The largest absolute Gasteiger partial charge is 0.171 e. The number of rotatable bonds is 4. The van der Waals surface area contributed by atoms with Crippen LogP contribution in [0.3, 0.4) is 0 Å². The average molecular weight is 423 g/mol. The number of benzene rings is 4. The maximum Gasteiger partial charge on any atom is 0.149 e. The molecular weight excluding hydrogens is 400 g/mol. The van der Waals surface area contributed by atoms with Crippen molar-refractivity contribution in [3.8, 4) is 22.3 Å². The van der Waals surface area contributed by atoms with Crippen molar-refractivity contribution in [1.29, 1.82) is 0 Å². The summed E-state index contributed by atoms with van der Waals surface area (Å²) in [6.45, 7) is 0. The van der Waals surface area contributed by atoms with E-state index in [0.717, 1.165) is 24.9 Å². The molecule has 4 aromatic rings. The highest BCUT2D eigenvalue weighted by molar-refractivity contribution is 7.06. The Morgan fingerprint density at radius 2 is 0.967 bits per heavy atom. The van der Waals surface area contributed by atoms with Crippen LogP contribution >= 0.6 is 11.1 Å². The van der Waals surface area contributed by atoms with E-state index in [2.05, 4.69) is 84.9 Å². The van der Waals surface area contributed by atoms with Crippen LogP contribution < -0.4 is 0 Å². The molecule has 146 valence electrons. The van der Waals surface area contributed by atoms with Crippen LogP contribution in [0.25, 0.3) is 22.3 Å². The van der Waals surface area contributed by atoms with Gasteiger partial charge in [0.1, 0.15) is 8.11 Å². The predicted molar refractivity (Wildman–Crippen MR) is 130 cm³/mol. The van der Waals surface area contributed by atoms with Gasteiger partial charge >= 0.3 is 0 Å². The second-order valence-corrected chi connectivity index (χ2v) is 12.4. The van der Waals surface area contributed by atoms with Crippen molar-refractivity contribution in [1.82, 2.24) is 0 Å². The van der Waals surface area contributed by atoms with Crippen LogP contribution in [0.4, 0.5) is 0 Å². The van der Waals surface area contributed by atoms with Crippen molar-refractivity contribution in [2.45, 2.75) is 24.9 Å². The van der Waals surface area contributed by atoms with Crippen LogP contribution in [0.2, 0.25) is 0 Å². The highest BCUT2D eigenvalue weighted by atomic mass is 35.6. The van der Waals surface area contributed by atoms with Crippen molar-refractivity contribution in [3.05, 3.63) is 118 Å². The maximum absolute atomic E-state index is 7.11. The van der Waals surface area contributed by atoms with Gasteiger partial charge in [-0.3, -0.25) is 0 Å². The molecule has 0 aromatic heterocycles. The Morgan fingerprint density at radius 1 is 0.533 bits per heavy atom. The Bertz CT molecular complexity index is 1170. The molecule has 30 heavy (non-hydrogen) atoms. The van der Waals surface area contributed by atoms with Crippen molar-refractivity contribution in [2.75, 3.05) is 0 Å². The van der Waals surface area contributed by atoms with Crippen molar-refractivity contribution in [3.63, 3.8) is 0 Å². The van der Waals surface area contributed by atoms with Crippen molar-refractivity contribution >= 4 is 19.2 Å². The third-order valence-electron chi connectivity index (χ3n) is 6.78. The Morgan fingerprint density at radius 3 is 1.47 bits per heavy atom. The molecule has 2 heteroatoms. The van der Waals surface area contributed by atoms with Crippen LogP contribution in [-0.4, -0.2) is 8.11 Å². The van der Waals surface area contributed by atoms with Gasteiger partial charge in [-0.1, -0.05) is 84.9 Å².